The number of carbonyl (C=O) groups excluding carboxylic acids is 1. The van der Waals surface area contributed by atoms with E-state index in [4.69, 9.17) is 4.74 Å². The number of nitrogens with one attached hydrogen (secondary N) is 2. The van der Waals surface area contributed by atoms with Crippen molar-refractivity contribution in [2.75, 3.05) is 31.5 Å². The van der Waals surface area contributed by atoms with Gasteiger partial charge in [0.15, 0.2) is 0 Å². The van der Waals surface area contributed by atoms with Crippen LogP contribution in [0.1, 0.15) is 25.8 Å². The summed E-state index contributed by atoms with van der Waals surface area (Å²) in [7, 11) is 0. The van der Waals surface area contributed by atoms with E-state index in [0.717, 1.165) is 37.3 Å². The van der Waals surface area contributed by atoms with E-state index in [1.54, 1.807) is 18.5 Å². The molecule has 0 aliphatic carbocycles. The summed E-state index contributed by atoms with van der Waals surface area (Å²) in [5.74, 6) is 0. The zero-order valence-electron chi connectivity index (χ0n) is 13.6. The Morgan fingerprint density at radius 2 is 2.14 bits per heavy atom. The Kier molecular flexibility index (Phi) is 6.15. The Balaban J connectivity index is 1.64. The van der Waals surface area contributed by atoms with Gasteiger partial charge in [-0.05, 0) is 38.8 Å². The molecule has 0 radical (unpaired) electrons. The number of anilines is 1. The first-order valence-corrected chi connectivity index (χ1v) is 7.88. The van der Waals surface area contributed by atoms with Gasteiger partial charge in [-0.15, -0.1) is 0 Å². The first-order valence-electron chi connectivity index (χ1n) is 7.88. The topological polar surface area (TPSA) is 66.5 Å². The van der Waals surface area contributed by atoms with E-state index >= 15 is 0 Å². The van der Waals surface area contributed by atoms with Crippen molar-refractivity contribution in [2.45, 2.75) is 39.4 Å². The number of pyridine rings is 1. The molecular weight excluding hydrogens is 280 g/mol. The molecule has 1 fully saturated rings. The van der Waals surface area contributed by atoms with E-state index in [0.29, 0.717) is 6.54 Å². The van der Waals surface area contributed by atoms with E-state index in [2.05, 4.69) is 34.4 Å². The van der Waals surface area contributed by atoms with Crippen molar-refractivity contribution >= 4 is 11.7 Å². The van der Waals surface area contributed by atoms with Gasteiger partial charge in [-0.25, -0.2) is 4.79 Å². The van der Waals surface area contributed by atoms with Crippen LogP contribution in [0.4, 0.5) is 10.5 Å². The number of morpholine rings is 1. The summed E-state index contributed by atoms with van der Waals surface area (Å²) in [5, 5.41) is 5.73. The average molecular weight is 306 g/mol. The van der Waals surface area contributed by atoms with Gasteiger partial charge in [0.1, 0.15) is 0 Å². The Labute approximate surface area is 132 Å². The van der Waals surface area contributed by atoms with Gasteiger partial charge < -0.3 is 15.4 Å². The fraction of sp³-hybridized carbons (Fsp3) is 0.625. The second-order valence-corrected chi connectivity index (χ2v) is 5.94. The van der Waals surface area contributed by atoms with Crippen LogP contribution >= 0.6 is 0 Å². The van der Waals surface area contributed by atoms with Crippen LogP contribution in [0.15, 0.2) is 18.5 Å². The minimum atomic E-state index is -0.169. The molecule has 1 aromatic rings. The van der Waals surface area contributed by atoms with E-state index < -0.39 is 0 Å². The molecule has 0 aromatic carbocycles. The maximum Gasteiger partial charge on any atom is 0.319 e. The SMILES string of the molecule is Cc1cnccc1NC(=O)NCCCN1C[C@@H](C)O[C@H](C)C1. The lowest BCUT2D eigenvalue weighted by Gasteiger charge is -2.35. The molecule has 0 spiro atoms. The molecular formula is C16H26N4O2. The molecule has 6 heteroatoms. The second-order valence-electron chi connectivity index (χ2n) is 5.94. The van der Waals surface area contributed by atoms with Gasteiger partial charge in [0.05, 0.1) is 12.2 Å². The number of rotatable bonds is 5. The molecule has 6 nitrogen and oxygen atoms in total. The first kappa shape index (κ1) is 16.7. The summed E-state index contributed by atoms with van der Waals surface area (Å²) in [5.41, 5.74) is 1.75. The summed E-state index contributed by atoms with van der Waals surface area (Å²) < 4.78 is 5.71. The fourth-order valence-electron chi connectivity index (χ4n) is 2.75. The normalized spacial score (nSPS) is 22.3. The summed E-state index contributed by atoms with van der Waals surface area (Å²) >= 11 is 0. The molecule has 0 bridgehead atoms. The van der Waals surface area contributed by atoms with E-state index in [-0.39, 0.29) is 18.2 Å². The predicted octanol–water partition coefficient (Wildman–Crippen LogP) is 2.01. The molecule has 2 amide bonds. The van der Waals surface area contributed by atoms with Crippen molar-refractivity contribution < 1.29 is 9.53 Å². The maximum atomic E-state index is 11.8. The van der Waals surface area contributed by atoms with Gasteiger partial charge >= 0.3 is 6.03 Å². The van der Waals surface area contributed by atoms with Crippen molar-refractivity contribution in [1.82, 2.24) is 15.2 Å². The van der Waals surface area contributed by atoms with Crippen LogP contribution in [-0.4, -0.2) is 54.3 Å². The number of hydrogen-bond donors (Lipinski definition) is 2. The number of amides is 2. The van der Waals surface area contributed by atoms with Crippen LogP contribution in [0.2, 0.25) is 0 Å². The number of hydrogen-bond acceptors (Lipinski definition) is 4. The highest BCUT2D eigenvalue weighted by Gasteiger charge is 2.21. The minimum absolute atomic E-state index is 0.169. The Hall–Kier alpha value is -1.66. The molecule has 22 heavy (non-hydrogen) atoms. The second kappa shape index (κ2) is 8.10. The van der Waals surface area contributed by atoms with Gasteiger partial charge in [0.2, 0.25) is 0 Å². The van der Waals surface area contributed by atoms with Gasteiger partial charge in [-0.3, -0.25) is 9.88 Å². The van der Waals surface area contributed by atoms with Gasteiger partial charge in [0.25, 0.3) is 0 Å². The highest BCUT2D eigenvalue weighted by atomic mass is 16.5. The van der Waals surface area contributed by atoms with Crippen LogP contribution in [-0.2, 0) is 4.74 Å². The van der Waals surface area contributed by atoms with Crippen LogP contribution in [0.3, 0.4) is 0 Å². The van der Waals surface area contributed by atoms with E-state index in [1.165, 1.54) is 0 Å². The molecule has 122 valence electrons. The monoisotopic (exact) mass is 306 g/mol. The number of aryl methyl sites for hydroxylation is 1. The largest absolute Gasteiger partial charge is 0.373 e. The molecule has 0 unspecified atom stereocenters. The van der Waals surface area contributed by atoms with Gasteiger partial charge in [0, 0.05) is 44.3 Å². The lowest BCUT2D eigenvalue weighted by molar-refractivity contribution is -0.0679. The molecule has 1 saturated heterocycles. The number of urea groups is 1. The zero-order chi connectivity index (χ0) is 15.9. The standard InChI is InChI=1S/C16H26N4O2/c1-12-9-17-7-5-15(12)19-16(21)18-6-4-8-20-10-13(2)22-14(3)11-20/h5,7,9,13-14H,4,6,8,10-11H2,1-3H3,(H2,17,18,19,21)/t13-,14-/m1/s1. The summed E-state index contributed by atoms with van der Waals surface area (Å²) in [4.78, 5) is 18.2. The molecule has 1 aliphatic rings. The van der Waals surface area contributed by atoms with Crippen LogP contribution in [0.5, 0.6) is 0 Å². The lowest BCUT2D eigenvalue weighted by Crippen LogP contribution is -2.46. The lowest BCUT2D eigenvalue weighted by atomic mass is 10.2. The molecule has 2 atom stereocenters. The molecule has 2 heterocycles. The maximum absolute atomic E-state index is 11.8. The number of ether oxygens (including phenoxy) is 1. The quantitative estimate of drug-likeness (QED) is 0.817. The third-order valence-corrected chi connectivity index (χ3v) is 3.70. The highest BCUT2D eigenvalue weighted by Crippen LogP contribution is 2.11. The fourth-order valence-corrected chi connectivity index (χ4v) is 2.75. The van der Waals surface area contributed by atoms with Gasteiger partial charge in [-0.1, -0.05) is 0 Å². The molecule has 2 rings (SSSR count). The van der Waals surface area contributed by atoms with Crippen molar-refractivity contribution in [2.24, 2.45) is 0 Å². The highest BCUT2D eigenvalue weighted by molar-refractivity contribution is 5.89. The molecule has 1 aliphatic heterocycles. The minimum Gasteiger partial charge on any atom is -0.373 e. The zero-order valence-corrected chi connectivity index (χ0v) is 13.6. The third kappa shape index (κ3) is 5.27. The van der Waals surface area contributed by atoms with Crippen molar-refractivity contribution in [1.29, 1.82) is 0 Å². The Morgan fingerprint density at radius 1 is 1.41 bits per heavy atom. The Morgan fingerprint density at radius 3 is 2.82 bits per heavy atom. The van der Waals surface area contributed by atoms with Crippen LogP contribution < -0.4 is 10.6 Å². The average Bonchev–Trinajstić information content (AvgIpc) is 2.45. The third-order valence-electron chi connectivity index (χ3n) is 3.70. The van der Waals surface area contributed by atoms with Crippen molar-refractivity contribution in [3.05, 3.63) is 24.0 Å². The van der Waals surface area contributed by atoms with E-state index in [9.17, 15) is 4.79 Å². The van der Waals surface area contributed by atoms with Crippen molar-refractivity contribution in [3.8, 4) is 0 Å². The Bertz CT molecular complexity index is 485. The number of carbonyl (C=O) groups is 1. The smallest absolute Gasteiger partial charge is 0.319 e. The summed E-state index contributed by atoms with van der Waals surface area (Å²) in [6.07, 6.45) is 4.91. The molecule has 2 N–H and O–H groups in total. The predicted molar refractivity (Wildman–Crippen MR) is 87.1 cm³/mol. The molecule has 1 aromatic heterocycles. The summed E-state index contributed by atoms with van der Waals surface area (Å²) in [6.45, 7) is 9.70. The van der Waals surface area contributed by atoms with E-state index in [1.807, 2.05) is 6.92 Å². The summed E-state index contributed by atoms with van der Waals surface area (Å²) in [6, 6.07) is 1.63. The molecule has 0 saturated carbocycles. The first-order chi connectivity index (χ1) is 10.5. The van der Waals surface area contributed by atoms with Gasteiger partial charge in [-0.2, -0.15) is 0 Å². The number of aromatic nitrogens is 1. The van der Waals surface area contributed by atoms with Crippen LogP contribution in [0.25, 0.3) is 0 Å². The van der Waals surface area contributed by atoms with Crippen molar-refractivity contribution in [3.63, 3.8) is 0 Å². The number of nitrogens with zero attached hydrogens (tertiary/aromatic N) is 2. The van der Waals surface area contributed by atoms with Crippen LogP contribution in [0, 0.1) is 6.92 Å².